The predicted molar refractivity (Wildman–Crippen MR) is 38.1 cm³/mol. The summed E-state index contributed by atoms with van der Waals surface area (Å²) < 4.78 is 36.0. The fourth-order valence-corrected chi connectivity index (χ4v) is 0.931. The molecule has 72 valence electrons. The average molecular weight is 194 g/mol. The molecular formula is C5H6BF3N2O2. The zero-order valence-corrected chi connectivity index (χ0v) is 6.58. The van der Waals surface area contributed by atoms with Crippen LogP contribution in [0.5, 0.6) is 0 Å². The van der Waals surface area contributed by atoms with Crippen LogP contribution < -0.4 is 5.46 Å². The van der Waals surface area contributed by atoms with Gasteiger partial charge in [0.2, 0.25) is 0 Å². The second kappa shape index (κ2) is 3.04. The van der Waals surface area contributed by atoms with Gasteiger partial charge in [0.05, 0.1) is 0 Å². The molecule has 13 heavy (non-hydrogen) atoms. The Kier molecular flexibility index (Phi) is 2.35. The Morgan fingerprint density at radius 1 is 1.46 bits per heavy atom. The summed E-state index contributed by atoms with van der Waals surface area (Å²) in [4.78, 5) is 0. The van der Waals surface area contributed by atoms with Crippen molar-refractivity contribution in [2.45, 2.75) is 13.2 Å². The third-order valence-corrected chi connectivity index (χ3v) is 1.57. The third-order valence-electron chi connectivity index (χ3n) is 1.57. The molecule has 0 bridgehead atoms. The molecule has 0 aliphatic carbocycles. The second-order valence-corrected chi connectivity index (χ2v) is 2.44. The van der Waals surface area contributed by atoms with E-state index in [1.807, 2.05) is 0 Å². The lowest BCUT2D eigenvalue weighted by molar-refractivity contribution is -0.213. The number of hydrogen-bond donors (Lipinski definition) is 2. The normalized spacial score (nSPS) is 11.8. The summed E-state index contributed by atoms with van der Waals surface area (Å²) in [5, 5.41) is 20.2. The van der Waals surface area contributed by atoms with Gasteiger partial charge in [0.15, 0.2) is 0 Å². The van der Waals surface area contributed by atoms with E-state index in [9.17, 15) is 13.2 Å². The summed E-state index contributed by atoms with van der Waals surface area (Å²) >= 11 is 0. The fourth-order valence-electron chi connectivity index (χ4n) is 0.931. The van der Waals surface area contributed by atoms with Crippen LogP contribution in [-0.4, -0.2) is 26.9 Å². The smallest absolute Gasteiger partial charge is 0.423 e. The zero-order valence-electron chi connectivity index (χ0n) is 6.58. The molecule has 1 rings (SSSR count). The zero-order chi connectivity index (χ0) is 10.2. The largest absolute Gasteiger partial charge is 0.504 e. The molecule has 4 nitrogen and oxygen atoms in total. The minimum Gasteiger partial charge on any atom is -0.423 e. The van der Waals surface area contributed by atoms with Crippen LogP contribution in [0.15, 0.2) is 6.20 Å². The molecule has 1 aromatic rings. The molecule has 1 heterocycles. The van der Waals surface area contributed by atoms with E-state index in [1.54, 1.807) is 0 Å². The lowest BCUT2D eigenvalue weighted by Crippen LogP contribution is -2.32. The third kappa shape index (κ3) is 1.83. The van der Waals surface area contributed by atoms with E-state index in [-0.39, 0.29) is 15.8 Å². The maximum absolute atomic E-state index is 12.1. The van der Waals surface area contributed by atoms with Gasteiger partial charge in [-0.3, -0.25) is 0 Å². The van der Waals surface area contributed by atoms with Crippen molar-refractivity contribution >= 4 is 12.6 Å². The van der Waals surface area contributed by atoms with Crippen LogP contribution in [0.3, 0.4) is 0 Å². The Morgan fingerprint density at radius 2 is 2.00 bits per heavy atom. The maximum atomic E-state index is 12.1. The molecule has 2 N–H and O–H groups in total. The maximum Gasteiger partial charge on any atom is 0.504 e. The monoisotopic (exact) mass is 194 g/mol. The van der Waals surface area contributed by atoms with E-state index in [4.69, 9.17) is 10.0 Å². The molecule has 8 heteroatoms. The van der Waals surface area contributed by atoms with Crippen LogP contribution in [0, 0.1) is 6.92 Å². The van der Waals surface area contributed by atoms with Crippen LogP contribution in [0.1, 0.15) is 5.69 Å². The van der Waals surface area contributed by atoms with Crippen LogP contribution in [0.2, 0.25) is 0 Å². The first-order valence-corrected chi connectivity index (χ1v) is 3.32. The number of aromatic nitrogens is 2. The molecule has 0 amide bonds. The highest BCUT2D eigenvalue weighted by molar-refractivity contribution is 6.59. The number of halogens is 3. The summed E-state index contributed by atoms with van der Waals surface area (Å²) in [5.74, 6) is 0. The number of rotatable bonds is 1. The van der Waals surface area contributed by atoms with Gasteiger partial charge in [-0.1, -0.05) is 0 Å². The summed E-state index contributed by atoms with van der Waals surface area (Å²) in [6, 6.07) is 0. The molecule has 0 fully saturated rings. The van der Waals surface area contributed by atoms with E-state index < -0.39 is 13.4 Å². The molecule has 0 unspecified atom stereocenters. The van der Waals surface area contributed by atoms with Gasteiger partial charge in [-0.05, 0) is 6.92 Å². The lowest BCUT2D eigenvalue weighted by Gasteiger charge is -2.08. The topological polar surface area (TPSA) is 58.3 Å². The highest BCUT2D eigenvalue weighted by atomic mass is 19.4. The molecule has 0 aliphatic heterocycles. The molecule has 0 saturated carbocycles. The highest BCUT2D eigenvalue weighted by Crippen LogP contribution is 2.21. The van der Waals surface area contributed by atoms with E-state index in [1.165, 1.54) is 0 Å². The van der Waals surface area contributed by atoms with Gasteiger partial charge in [0.25, 0.3) is 0 Å². The van der Waals surface area contributed by atoms with Gasteiger partial charge in [-0.25, -0.2) is 0 Å². The van der Waals surface area contributed by atoms with Gasteiger partial charge < -0.3 is 10.0 Å². The van der Waals surface area contributed by atoms with Gasteiger partial charge in [0.1, 0.15) is 0 Å². The lowest BCUT2D eigenvalue weighted by atomic mass is 9.81. The van der Waals surface area contributed by atoms with E-state index >= 15 is 0 Å². The van der Waals surface area contributed by atoms with Gasteiger partial charge in [-0.2, -0.15) is 9.78 Å². The Labute approximate surface area is 71.7 Å². The van der Waals surface area contributed by atoms with E-state index in [2.05, 4.69) is 5.10 Å². The average Bonchev–Trinajstić information content (AvgIpc) is 2.28. The van der Waals surface area contributed by atoms with Crippen molar-refractivity contribution in [2.75, 3.05) is 0 Å². The quantitative estimate of drug-likeness (QED) is 0.583. The van der Waals surface area contributed by atoms with Crippen molar-refractivity contribution in [1.29, 1.82) is 0 Å². The van der Waals surface area contributed by atoms with Gasteiger partial charge in [-0.15, -0.1) is 13.2 Å². The minimum atomic E-state index is -4.63. The van der Waals surface area contributed by atoms with Crippen molar-refractivity contribution in [3.05, 3.63) is 11.9 Å². The standard InChI is InChI=1S/C5H6BF3N2O2/c1-3-4(6(12)13)2-10-11(3)5(7,8)9/h2,12-13H,1H3. The van der Waals surface area contributed by atoms with Crippen LogP contribution in [-0.2, 0) is 6.30 Å². The summed E-state index contributed by atoms with van der Waals surface area (Å²) in [5.41, 5.74) is -0.583. The van der Waals surface area contributed by atoms with Crippen LogP contribution in [0.4, 0.5) is 13.2 Å². The van der Waals surface area contributed by atoms with Crippen molar-refractivity contribution in [3.8, 4) is 0 Å². The summed E-state index contributed by atoms with van der Waals surface area (Å²) in [7, 11) is -1.93. The van der Waals surface area contributed by atoms with E-state index in [0.29, 0.717) is 0 Å². The van der Waals surface area contributed by atoms with E-state index in [0.717, 1.165) is 13.1 Å². The highest BCUT2D eigenvalue weighted by Gasteiger charge is 2.35. The van der Waals surface area contributed by atoms with Crippen LogP contribution >= 0.6 is 0 Å². The number of alkyl halides is 3. The Balaban J connectivity index is 3.14. The minimum absolute atomic E-state index is 0.220. The van der Waals surface area contributed by atoms with Crippen molar-refractivity contribution in [2.24, 2.45) is 0 Å². The first kappa shape index (κ1) is 10.1. The van der Waals surface area contributed by atoms with Crippen molar-refractivity contribution in [1.82, 2.24) is 9.78 Å². The fraction of sp³-hybridized carbons (Fsp3) is 0.400. The molecule has 0 atom stereocenters. The number of hydrogen-bond acceptors (Lipinski definition) is 3. The SMILES string of the molecule is Cc1c(B(O)O)cnn1C(F)(F)F. The molecule has 0 aromatic carbocycles. The Morgan fingerprint density at radius 3 is 2.23 bits per heavy atom. The van der Waals surface area contributed by atoms with Crippen molar-refractivity contribution in [3.63, 3.8) is 0 Å². The van der Waals surface area contributed by atoms with Crippen molar-refractivity contribution < 1.29 is 23.2 Å². The van der Waals surface area contributed by atoms with Crippen LogP contribution in [0.25, 0.3) is 0 Å². The first-order chi connectivity index (χ1) is 5.84. The first-order valence-electron chi connectivity index (χ1n) is 3.32. The second-order valence-electron chi connectivity index (χ2n) is 2.44. The van der Waals surface area contributed by atoms with Gasteiger partial charge >= 0.3 is 13.4 Å². The summed E-state index contributed by atoms with van der Waals surface area (Å²) in [6.07, 6.45) is -3.86. The predicted octanol–water partition coefficient (Wildman–Crippen LogP) is -0.652. The molecule has 0 saturated heterocycles. The molecule has 0 aliphatic rings. The molecule has 0 spiro atoms. The molecule has 1 aromatic heterocycles. The summed E-state index contributed by atoms with van der Waals surface area (Å²) in [6.45, 7) is 1.11. The number of nitrogens with zero attached hydrogens (tertiary/aromatic N) is 2. The Bertz CT molecular complexity index is 309. The van der Waals surface area contributed by atoms with Gasteiger partial charge in [0, 0.05) is 17.4 Å². The Hall–Kier alpha value is -1.02. The molecular weight excluding hydrogens is 188 g/mol. The molecule has 0 radical (unpaired) electrons.